The highest BCUT2D eigenvalue weighted by molar-refractivity contribution is 5.38. The number of nitrogens with zero attached hydrogens (tertiary/aromatic N) is 2. The van der Waals surface area contributed by atoms with E-state index in [1.165, 1.54) is 10.6 Å². The van der Waals surface area contributed by atoms with E-state index < -0.39 is 0 Å². The summed E-state index contributed by atoms with van der Waals surface area (Å²) in [6.07, 6.45) is 3.10. The Kier molecular flexibility index (Phi) is 3.16. The zero-order chi connectivity index (χ0) is 11.4. The molecule has 2 aromatic heterocycles. The highest BCUT2D eigenvalue weighted by atomic mass is 16.5. The van der Waals surface area contributed by atoms with Crippen LogP contribution in [0.4, 0.5) is 0 Å². The van der Waals surface area contributed by atoms with E-state index in [1.54, 1.807) is 25.4 Å². The molecule has 0 aliphatic rings. The maximum Gasteiger partial charge on any atom is 0.300 e. The number of methoxy groups -OCH3 is 1. The first-order valence-electron chi connectivity index (χ1n) is 4.91. The Labute approximate surface area is 92.3 Å². The van der Waals surface area contributed by atoms with Gasteiger partial charge in [-0.3, -0.25) is 9.20 Å². The molecule has 0 spiro atoms. The molecule has 0 saturated carbocycles. The van der Waals surface area contributed by atoms with Gasteiger partial charge in [-0.05, 0) is 12.1 Å². The molecule has 84 valence electrons. The van der Waals surface area contributed by atoms with Gasteiger partial charge in [-0.1, -0.05) is 6.07 Å². The van der Waals surface area contributed by atoms with E-state index in [-0.39, 0.29) is 11.3 Å². The van der Waals surface area contributed by atoms with Gasteiger partial charge in [-0.2, -0.15) is 0 Å². The van der Waals surface area contributed by atoms with E-state index in [1.807, 2.05) is 6.07 Å². The van der Waals surface area contributed by atoms with Crippen molar-refractivity contribution >= 4 is 5.65 Å². The largest absolute Gasteiger partial charge is 0.484 e. The second-order valence-corrected chi connectivity index (χ2v) is 3.20. The maximum atomic E-state index is 11.9. The number of hydrogen-bond donors (Lipinski definition) is 0. The van der Waals surface area contributed by atoms with Crippen LogP contribution in [-0.4, -0.2) is 29.7 Å². The van der Waals surface area contributed by atoms with Crippen molar-refractivity contribution in [3.8, 4) is 5.75 Å². The summed E-state index contributed by atoms with van der Waals surface area (Å²) in [6, 6.07) is 5.36. The van der Waals surface area contributed by atoms with Gasteiger partial charge in [0, 0.05) is 13.3 Å². The smallest absolute Gasteiger partial charge is 0.300 e. The molecule has 0 fully saturated rings. The van der Waals surface area contributed by atoms with Gasteiger partial charge in [0.05, 0.1) is 12.8 Å². The summed E-state index contributed by atoms with van der Waals surface area (Å²) in [5.74, 6) is 0.237. The fraction of sp³-hybridized carbons (Fsp3) is 0.273. The number of pyridine rings is 1. The third-order valence-electron chi connectivity index (χ3n) is 2.13. The van der Waals surface area contributed by atoms with Gasteiger partial charge in [-0.25, -0.2) is 4.98 Å². The second kappa shape index (κ2) is 4.76. The molecule has 0 amide bonds. The molecular formula is C11H12N2O3. The van der Waals surface area contributed by atoms with Crippen LogP contribution in [0.2, 0.25) is 0 Å². The van der Waals surface area contributed by atoms with E-state index in [0.29, 0.717) is 18.9 Å². The van der Waals surface area contributed by atoms with Crippen LogP contribution in [0.5, 0.6) is 5.75 Å². The molecule has 2 rings (SSSR count). The molecule has 0 aliphatic carbocycles. The van der Waals surface area contributed by atoms with Gasteiger partial charge in [-0.15, -0.1) is 0 Å². The number of fused-ring (bicyclic) bond motifs is 1. The van der Waals surface area contributed by atoms with Crippen molar-refractivity contribution in [3.63, 3.8) is 0 Å². The molecule has 16 heavy (non-hydrogen) atoms. The molecule has 0 saturated heterocycles. The van der Waals surface area contributed by atoms with E-state index >= 15 is 0 Å². The van der Waals surface area contributed by atoms with Crippen LogP contribution < -0.4 is 10.3 Å². The minimum absolute atomic E-state index is 0.207. The molecule has 0 radical (unpaired) electrons. The highest BCUT2D eigenvalue weighted by Gasteiger charge is 2.04. The SMILES string of the molecule is COCCOc1cnc2ccccn2c1=O. The first kappa shape index (κ1) is 10.6. The van der Waals surface area contributed by atoms with Crippen LogP contribution >= 0.6 is 0 Å². The minimum Gasteiger partial charge on any atom is -0.484 e. The lowest BCUT2D eigenvalue weighted by atomic mass is 10.4. The van der Waals surface area contributed by atoms with Gasteiger partial charge in [0.1, 0.15) is 12.3 Å². The van der Waals surface area contributed by atoms with Gasteiger partial charge in [0.15, 0.2) is 0 Å². The van der Waals surface area contributed by atoms with Gasteiger partial charge >= 0.3 is 0 Å². The normalized spacial score (nSPS) is 10.6. The summed E-state index contributed by atoms with van der Waals surface area (Å²) >= 11 is 0. The molecule has 0 bridgehead atoms. The molecule has 0 unspecified atom stereocenters. The van der Waals surface area contributed by atoms with Crippen molar-refractivity contribution in [2.75, 3.05) is 20.3 Å². The Morgan fingerprint density at radius 3 is 3.06 bits per heavy atom. The molecule has 5 heteroatoms. The average molecular weight is 220 g/mol. The number of hydrogen-bond acceptors (Lipinski definition) is 4. The van der Waals surface area contributed by atoms with E-state index in [9.17, 15) is 4.79 Å². The van der Waals surface area contributed by atoms with Gasteiger partial charge in [0.25, 0.3) is 5.56 Å². The third-order valence-corrected chi connectivity index (χ3v) is 2.13. The quantitative estimate of drug-likeness (QED) is 0.712. The summed E-state index contributed by atoms with van der Waals surface area (Å²) in [6.45, 7) is 0.781. The fourth-order valence-corrected chi connectivity index (χ4v) is 1.34. The van der Waals surface area contributed by atoms with Crippen LogP contribution in [0.15, 0.2) is 35.4 Å². The number of rotatable bonds is 4. The second-order valence-electron chi connectivity index (χ2n) is 3.20. The first-order chi connectivity index (χ1) is 7.83. The minimum atomic E-state index is -0.207. The van der Waals surface area contributed by atoms with Gasteiger partial charge < -0.3 is 9.47 Å². The zero-order valence-electron chi connectivity index (χ0n) is 8.92. The van der Waals surface area contributed by atoms with E-state index in [2.05, 4.69) is 4.98 Å². The van der Waals surface area contributed by atoms with Crippen molar-refractivity contribution in [3.05, 3.63) is 40.9 Å². The lowest BCUT2D eigenvalue weighted by Crippen LogP contribution is -2.18. The molecule has 0 atom stereocenters. The topological polar surface area (TPSA) is 52.8 Å². The summed E-state index contributed by atoms with van der Waals surface area (Å²) in [5, 5.41) is 0. The Morgan fingerprint density at radius 1 is 1.38 bits per heavy atom. The standard InChI is InChI=1S/C11H12N2O3/c1-15-6-7-16-9-8-12-10-4-2-3-5-13(10)11(9)14/h2-5,8H,6-7H2,1H3. The van der Waals surface area contributed by atoms with Crippen LogP contribution in [-0.2, 0) is 4.74 Å². The first-order valence-corrected chi connectivity index (χ1v) is 4.91. The third kappa shape index (κ3) is 2.04. The summed E-state index contributed by atoms with van der Waals surface area (Å²) in [5.41, 5.74) is 0.397. The molecular weight excluding hydrogens is 208 g/mol. The Balaban J connectivity index is 2.33. The van der Waals surface area contributed by atoms with Crippen molar-refractivity contribution in [1.82, 2.24) is 9.38 Å². The highest BCUT2D eigenvalue weighted by Crippen LogP contribution is 2.03. The average Bonchev–Trinajstić information content (AvgIpc) is 2.33. The Hall–Kier alpha value is -1.88. The summed E-state index contributed by atoms with van der Waals surface area (Å²) in [7, 11) is 1.58. The number of ether oxygens (including phenoxy) is 2. The molecule has 2 heterocycles. The number of aromatic nitrogens is 2. The molecule has 0 aromatic carbocycles. The Bertz CT molecular complexity index is 536. The molecule has 0 aliphatic heterocycles. The van der Waals surface area contributed by atoms with Crippen LogP contribution in [0.1, 0.15) is 0 Å². The zero-order valence-corrected chi connectivity index (χ0v) is 8.92. The van der Waals surface area contributed by atoms with Crippen LogP contribution in [0.25, 0.3) is 5.65 Å². The van der Waals surface area contributed by atoms with Crippen molar-refractivity contribution < 1.29 is 9.47 Å². The lowest BCUT2D eigenvalue weighted by Gasteiger charge is -2.05. The van der Waals surface area contributed by atoms with Crippen molar-refractivity contribution in [2.24, 2.45) is 0 Å². The fourth-order valence-electron chi connectivity index (χ4n) is 1.34. The summed E-state index contributed by atoms with van der Waals surface area (Å²) < 4.78 is 11.5. The Morgan fingerprint density at radius 2 is 2.25 bits per heavy atom. The van der Waals surface area contributed by atoms with E-state index in [4.69, 9.17) is 9.47 Å². The monoisotopic (exact) mass is 220 g/mol. The van der Waals surface area contributed by atoms with Crippen molar-refractivity contribution in [2.45, 2.75) is 0 Å². The molecule has 2 aromatic rings. The van der Waals surface area contributed by atoms with Crippen LogP contribution in [0, 0.1) is 0 Å². The van der Waals surface area contributed by atoms with E-state index in [0.717, 1.165) is 0 Å². The molecule has 5 nitrogen and oxygen atoms in total. The summed E-state index contributed by atoms with van der Waals surface area (Å²) in [4.78, 5) is 16.0. The predicted octanol–water partition coefficient (Wildman–Crippen LogP) is 0.720. The van der Waals surface area contributed by atoms with Crippen LogP contribution in [0.3, 0.4) is 0 Å². The lowest BCUT2D eigenvalue weighted by molar-refractivity contribution is 0.145. The molecule has 0 N–H and O–H groups in total. The predicted molar refractivity (Wildman–Crippen MR) is 58.8 cm³/mol. The van der Waals surface area contributed by atoms with Crippen molar-refractivity contribution in [1.29, 1.82) is 0 Å². The maximum absolute atomic E-state index is 11.9. The van der Waals surface area contributed by atoms with Gasteiger partial charge in [0.2, 0.25) is 5.75 Å².